The fraction of sp³-hybridized carbons (Fsp3) is 0.500. The lowest BCUT2D eigenvalue weighted by Crippen LogP contribution is -2.49. The second kappa shape index (κ2) is 8.05. The Kier molecular flexibility index (Phi) is 5.90. The van der Waals surface area contributed by atoms with Crippen LogP contribution < -0.4 is 9.64 Å². The first-order valence-electron chi connectivity index (χ1n) is 9.48. The number of hydrogen-bond donors (Lipinski definition) is 0. The molecule has 7 nitrogen and oxygen atoms in total. The van der Waals surface area contributed by atoms with Crippen molar-refractivity contribution in [3.63, 3.8) is 0 Å². The number of sulfonamides is 1. The van der Waals surface area contributed by atoms with Crippen LogP contribution >= 0.6 is 0 Å². The average Bonchev–Trinajstić information content (AvgIpc) is 2.67. The van der Waals surface area contributed by atoms with Gasteiger partial charge in [-0.1, -0.05) is 13.8 Å². The van der Waals surface area contributed by atoms with Gasteiger partial charge < -0.3 is 9.64 Å². The van der Waals surface area contributed by atoms with E-state index >= 15 is 0 Å². The van der Waals surface area contributed by atoms with E-state index in [0.29, 0.717) is 42.7 Å². The summed E-state index contributed by atoms with van der Waals surface area (Å²) in [5, 5.41) is 0. The molecule has 1 aliphatic rings. The Morgan fingerprint density at radius 3 is 2.14 bits per heavy atom. The van der Waals surface area contributed by atoms with Crippen LogP contribution in [-0.4, -0.2) is 56.0 Å². The molecule has 152 valence electrons. The first kappa shape index (κ1) is 20.5. The molecule has 1 aromatic carbocycles. The molecule has 0 N–H and O–H groups in total. The van der Waals surface area contributed by atoms with Gasteiger partial charge in [0.2, 0.25) is 10.0 Å². The third kappa shape index (κ3) is 3.98. The number of benzene rings is 1. The van der Waals surface area contributed by atoms with E-state index in [-0.39, 0.29) is 0 Å². The Balaban J connectivity index is 1.79. The van der Waals surface area contributed by atoms with E-state index in [2.05, 4.69) is 28.7 Å². The molecule has 1 saturated heterocycles. The summed E-state index contributed by atoms with van der Waals surface area (Å²) in [4.78, 5) is 11.6. The van der Waals surface area contributed by atoms with E-state index in [4.69, 9.17) is 4.74 Å². The summed E-state index contributed by atoms with van der Waals surface area (Å²) in [6.45, 7) is 10.2. The minimum Gasteiger partial charge on any atom is -0.497 e. The Morgan fingerprint density at radius 1 is 1.00 bits per heavy atom. The van der Waals surface area contributed by atoms with Gasteiger partial charge in [-0.2, -0.15) is 4.31 Å². The molecule has 2 aromatic rings. The minimum absolute atomic E-state index is 0.290. The maximum absolute atomic E-state index is 13.0. The number of anilines is 1. The first-order valence-corrected chi connectivity index (χ1v) is 10.9. The summed E-state index contributed by atoms with van der Waals surface area (Å²) in [6.07, 6.45) is 0. The third-order valence-electron chi connectivity index (χ3n) is 5.04. The smallest absolute Gasteiger partial charge is 0.243 e. The number of ether oxygens (including phenoxy) is 1. The molecule has 1 aromatic heterocycles. The predicted molar refractivity (Wildman–Crippen MR) is 110 cm³/mol. The summed E-state index contributed by atoms with van der Waals surface area (Å²) < 4.78 is 32.6. The normalized spacial score (nSPS) is 15.9. The van der Waals surface area contributed by atoms with Gasteiger partial charge in [-0.05, 0) is 44.0 Å². The number of aromatic nitrogens is 2. The lowest BCUT2D eigenvalue weighted by molar-refractivity contribution is 0.383. The largest absolute Gasteiger partial charge is 0.497 e. The van der Waals surface area contributed by atoms with Crippen molar-refractivity contribution >= 4 is 15.8 Å². The van der Waals surface area contributed by atoms with Crippen LogP contribution in [0.5, 0.6) is 5.75 Å². The van der Waals surface area contributed by atoms with Crippen molar-refractivity contribution in [3.05, 3.63) is 41.3 Å². The summed E-state index contributed by atoms with van der Waals surface area (Å²) in [7, 11) is -1.96. The van der Waals surface area contributed by atoms with E-state index in [9.17, 15) is 8.42 Å². The molecule has 3 rings (SSSR count). The second-order valence-electron chi connectivity index (χ2n) is 7.31. The molecule has 0 spiro atoms. The van der Waals surface area contributed by atoms with Crippen LogP contribution in [0.15, 0.2) is 29.2 Å². The average molecular weight is 405 g/mol. The van der Waals surface area contributed by atoms with E-state index in [1.807, 2.05) is 13.8 Å². The van der Waals surface area contributed by atoms with Crippen molar-refractivity contribution in [3.8, 4) is 5.75 Å². The van der Waals surface area contributed by atoms with Crippen molar-refractivity contribution in [1.82, 2.24) is 14.3 Å². The van der Waals surface area contributed by atoms with Crippen molar-refractivity contribution in [2.45, 2.75) is 38.5 Å². The summed E-state index contributed by atoms with van der Waals surface area (Å²) >= 11 is 0. The van der Waals surface area contributed by atoms with Crippen molar-refractivity contribution in [2.75, 3.05) is 38.2 Å². The van der Waals surface area contributed by atoms with Crippen LogP contribution in [0.25, 0.3) is 0 Å². The first-order chi connectivity index (χ1) is 13.2. The highest BCUT2D eigenvalue weighted by molar-refractivity contribution is 7.89. The summed E-state index contributed by atoms with van der Waals surface area (Å²) in [5.74, 6) is 2.61. The van der Waals surface area contributed by atoms with Gasteiger partial charge in [0.1, 0.15) is 17.4 Å². The van der Waals surface area contributed by atoms with E-state index < -0.39 is 10.0 Å². The number of aryl methyl sites for hydroxylation is 2. The Hall–Kier alpha value is -2.19. The van der Waals surface area contributed by atoms with Gasteiger partial charge in [0.15, 0.2) is 0 Å². The van der Waals surface area contributed by atoms with Crippen molar-refractivity contribution in [1.29, 1.82) is 0 Å². The summed E-state index contributed by atoms with van der Waals surface area (Å²) in [5.41, 5.74) is 2.13. The topological polar surface area (TPSA) is 75.6 Å². The molecule has 0 unspecified atom stereocenters. The SMILES string of the molecule is COc1ccc(S(=O)(=O)N2CCN(c3nc(C)nc(C)c3C(C)C)CC2)cc1. The van der Waals surface area contributed by atoms with Crippen LogP contribution in [0, 0.1) is 13.8 Å². The quantitative estimate of drug-likeness (QED) is 0.763. The molecule has 0 radical (unpaired) electrons. The molecule has 2 heterocycles. The molecular formula is C20H28N4O3S. The van der Waals surface area contributed by atoms with Gasteiger partial charge in [0.05, 0.1) is 12.0 Å². The fourth-order valence-electron chi connectivity index (χ4n) is 3.66. The predicted octanol–water partition coefficient (Wildman–Crippen LogP) is 2.74. The standard InChI is InChI=1S/C20H28N4O3S/c1-14(2)19-15(3)21-16(4)22-20(19)23-10-12-24(13-11-23)28(25,26)18-8-6-17(27-5)7-9-18/h6-9,14H,10-13H2,1-5H3. The third-order valence-corrected chi connectivity index (χ3v) is 6.95. The van der Waals surface area contributed by atoms with Gasteiger partial charge in [-0.15, -0.1) is 0 Å². The lowest BCUT2D eigenvalue weighted by atomic mass is 10.0. The summed E-state index contributed by atoms with van der Waals surface area (Å²) in [6, 6.07) is 6.53. The van der Waals surface area contributed by atoms with Gasteiger partial charge in [0, 0.05) is 37.4 Å². The monoisotopic (exact) mass is 404 g/mol. The van der Waals surface area contributed by atoms with E-state index in [1.165, 1.54) is 0 Å². The number of hydrogen-bond acceptors (Lipinski definition) is 6. The zero-order chi connectivity index (χ0) is 20.5. The molecule has 0 bridgehead atoms. The molecule has 1 aliphatic heterocycles. The van der Waals surface area contributed by atoms with Crippen LogP contribution in [0.3, 0.4) is 0 Å². The Labute approximate surface area is 167 Å². The number of nitrogens with zero attached hydrogens (tertiary/aromatic N) is 4. The zero-order valence-electron chi connectivity index (χ0n) is 17.1. The molecule has 0 amide bonds. The van der Waals surface area contributed by atoms with E-state index in [0.717, 1.165) is 22.9 Å². The zero-order valence-corrected chi connectivity index (χ0v) is 18.0. The van der Waals surface area contributed by atoms with Gasteiger partial charge in [-0.3, -0.25) is 0 Å². The molecule has 1 fully saturated rings. The molecular weight excluding hydrogens is 376 g/mol. The van der Waals surface area contributed by atoms with Crippen molar-refractivity contribution in [2.24, 2.45) is 0 Å². The molecule has 28 heavy (non-hydrogen) atoms. The number of piperazine rings is 1. The Bertz CT molecular complexity index is 935. The van der Waals surface area contributed by atoms with Crippen LogP contribution in [0.1, 0.15) is 36.8 Å². The van der Waals surface area contributed by atoms with Crippen LogP contribution in [0.4, 0.5) is 5.82 Å². The molecule has 8 heteroatoms. The maximum Gasteiger partial charge on any atom is 0.243 e. The van der Waals surface area contributed by atoms with Crippen molar-refractivity contribution < 1.29 is 13.2 Å². The molecule has 0 saturated carbocycles. The number of rotatable bonds is 5. The van der Waals surface area contributed by atoms with Gasteiger partial charge in [0.25, 0.3) is 0 Å². The highest BCUT2D eigenvalue weighted by Crippen LogP contribution is 2.29. The number of methoxy groups -OCH3 is 1. The highest BCUT2D eigenvalue weighted by atomic mass is 32.2. The second-order valence-corrected chi connectivity index (χ2v) is 9.25. The van der Waals surface area contributed by atoms with E-state index in [1.54, 1.807) is 35.7 Å². The van der Waals surface area contributed by atoms with Crippen LogP contribution in [0.2, 0.25) is 0 Å². The van der Waals surface area contributed by atoms with Gasteiger partial charge in [-0.25, -0.2) is 18.4 Å². The maximum atomic E-state index is 13.0. The minimum atomic E-state index is -3.52. The molecule has 0 aliphatic carbocycles. The highest BCUT2D eigenvalue weighted by Gasteiger charge is 2.30. The molecule has 0 atom stereocenters. The Morgan fingerprint density at radius 2 is 1.61 bits per heavy atom. The lowest BCUT2D eigenvalue weighted by Gasteiger charge is -2.36. The fourth-order valence-corrected chi connectivity index (χ4v) is 5.08. The van der Waals surface area contributed by atoms with Gasteiger partial charge >= 0.3 is 0 Å². The van der Waals surface area contributed by atoms with Crippen LogP contribution in [-0.2, 0) is 10.0 Å².